The fourth-order valence-corrected chi connectivity index (χ4v) is 2.58. The van der Waals surface area contributed by atoms with Crippen LogP contribution in [0.15, 0.2) is 12.1 Å². The van der Waals surface area contributed by atoms with Gasteiger partial charge < -0.3 is 10.4 Å². The summed E-state index contributed by atoms with van der Waals surface area (Å²) in [5.41, 5.74) is 4.27. The van der Waals surface area contributed by atoms with Crippen LogP contribution in [-0.4, -0.2) is 28.6 Å². The molecule has 2 N–H and O–H groups in total. The van der Waals surface area contributed by atoms with Crippen molar-refractivity contribution in [3.05, 3.63) is 28.8 Å². The predicted molar refractivity (Wildman–Crippen MR) is 78.3 cm³/mol. The SMILES string of the molecule is Cc1cc(C)c(NC(=O)[C@H](C)SCCO)c(C)c1. The van der Waals surface area contributed by atoms with Crippen LogP contribution in [0, 0.1) is 20.8 Å². The molecule has 0 bridgehead atoms. The van der Waals surface area contributed by atoms with Gasteiger partial charge in [0.05, 0.1) is 11.9 Å². The maximum absolute atomic E-state index is 12.0. The number of hydrogen-bond acceptors (Lipinski definition) is 3. The van der Waals surface area contributed by atoms with Gasteiger partial charge in [0.25, 0.3) is 0 Å². The number of aliphatic hydroxyl groups is 1. The van der Waals surface area contributed by atoms with E-state index < -0.39 is 0 Å². The van der Waals surface area contributed by atoms with Gasteiger partial charge in [-0.15, -0.1) is 11.8 Å². The highest BCUT2D eigenvalue weighted by Gasteiger charge is 2.15. The fraction of sp³-hybridized carbons (Fsp3) is 0.500. The molecule has 0 heterocycles. The van der Waals surface area contributed by atoms with Crippen molar-refractivity contribution < 1.29 is 9.90 Å². The number of carbonyl (C=O) groups excluding carboxylic acids is 1. The second kappa shape index (κ2) is 6.81. The van der Waals surface area contributed by atoms with Crippen LogP contribution in [0.1, 0.15) is 23.6 Å². The molecule has 18 heavy (non-hydrogen) atoms. The van der Waals surface area contributed by atoms with Gasteiger partial charge in [-0.05, 0) is 38.8 Å². The van der Waals surface area contributed by atoms with Gasteiger partial charge >= 0.3 is 0 Å². The van der Waals surface area contributed by atoms with Crippen molar-refractivity contribution in [3.63, 3.8) is 0 Å². The molecule has 0 saturated heterocycles. The van der Waals surface area contributed by atoms with Crippen molar-refractivity contribution in [3.8, 4) is 0 Å². The number of rotatable bonds is 5. The summed E-state index contributed by atoms with van der Waals surface area (Å²) in [5, 5.41) is 11.6. The number of benzene rings is 1. The van der Waals surface area contributed by atoms with Crippen LogP contribution in [-0.2, 0) is 4.79 Å². The van der Waals surface area contributed by atoms with Crippen LogP contribution in [0.3, 0.4) is 0 Å². The van der Waals surface area contributed by atoms with E-state index in [1.165, 1.54) is 17.3 Å². The van der Waals surface area contributed by atoms with Gasteiger partial charge in [-0.1, -0.05) is 17.7 Å². The van der Waals surface area contributed by atoms with Gasteiger partial charge in [0, 0.05) is 11.4 Å². The monoisotopic (exact) mass is 267 g/mol. The number of anilines is 1. The lowest BCUT2D eigenvalue weighted by Crippen LogP contribution is -2.24. The molecule has 0 aliphatic rings. The molecule has 1 atom stereocenters. The summed E-state index contributed by atoms with van der Waals surface area (Å²) in [7, 11) is 0. The van der Waals surface area contributed by atoms with E-state index in [1.807, 2.05) is 27.7 Å². The third-order valence-corrected chi connectivity index (χ3v) is 3.89. The van der Waals surface area contributed by atoms with Gasteiger partial charge in [-0.2, -0.15) is 0 Å². The normalized spacial score (nSPS) is 12.3. The first kappa shape index (κ1) is 15.1. The first-order chi connectivity index (χ1) is 8.45. The Morgan fingerprint density at radius 1 is 1.33 bits per heavy atom. The predicted octanol–water partition coefficient (Wildman–Crippen LogP) is 2.66. The summed E-state index contributed by atoms with van der Waals surface area (Å²) in [4.78, 5) is 12.0. The minimum Gasteiger partial charge on any atom is -0.396 e. The number of hydrogen-bond donors (Lipinski definition) is 2. The highest BCUT2D eigenvalue weighted by molar-refractivity contribution is 8.00. The number of thioether (sulfide) groups is 1. The molecule has 1 aromatic carbocycles. The van der Waals surface area contributed by atoms with Crippen molar-refractivity contribution in [1.29, 1.82) is 0 Å². The van der Waals surface area contributed by atoms with Crippen molar-refractivity contribution in [2.24, 2.45) is 0 Å². The summed E-state index contributed by atoms with van der Waals surface area (Å²) in [6.45, 7) is 8.01. The van der Waals surface area contributed by atoms with Crippen molar-refractivity contribution in [1.82, 2.24) is 0 Å². The van der Waals surface area contributed by atoms with E-state index in [1.54, 1.807) is 0 Å². The Morgan fingerprint density at radius 3 is 2.39 bits per heavy atom. The van der Waals surface area contributed by atoms with Crippen molar-refractivity contribution in [2.75, 3.05) is 17.7 Å². The molecule has 1 rings (SSSR count). The first-order valence-corrected chi connectivity index (χ1v) is 7.11. The average Bonchev–Trinajstić information content (AvgIpc) is 2.30. The molecule has 4 heteroatoms. The molecule has 0 aliphatic heterocycles. The van der Waals surface area contributed by atoms with Gasteiger partial charge in [-0.25, -0.2) is 0 Å². The summed E-state index contributed by atoms with van der Waals surface area (Å²) in [6.07, 6.45) is 0. The molecule has 3 nitrogen and oxygen atoms in total. The van der Waals surface area contributed by atoms with Gasteiger partial charge in [0.1, 0.15) is 0 Å². The van der Waals surface area contributed by atoms with Crippen molar-refractivity contribution in [2.45, 2.75) is 32.9 Å². The zero-order valence-electron chi connectivity index (χ0n) is 11.4. The topological polar surface area (TPSA) is 49.3 Å². The Bertz CT molecular complexity index is 409. The largest absolute Gasteiger partial charge is 0.396 e. The molecular formula is C14H21NO2S. The molecule has 1 aromatic rings. The number of amides is 1. The lowest BCUT2D eigenvalue weighted by atomic mass is 10.1. The Balaban J connectivity index is 2.76. The number of nitrogens with one attached hydrogen (secondary N) is 1. The average molecular weight is 267 g/mol. The maximum atomic E-state index is 12.0. The van der Waals surface area contributed by atoms with Crippen LogP contribution in [0.5, 0.6) is 0 Å². The summed E-state index contributed by atoms with van der Waals surface area (Å²) in [5.74, 6) is 0.573. The molecule has 100 valence electrons. The first-order valence-electron chi connectivity index (χ1n) is 6.07. The van der Waals surface area contributed by atoms with E-state index in [9.17, 15) is 4.79 Å². The maximum Gasteiger partial charge on any atom is 0.237 e. The van der Waals surface area contributed by atoms with Crippen LogP contribution in [0.2, 0.25) is 0 Å². The third kappa shape index (κ3) is 4.03. The summed E-state index contributed by atoms with van der Waals surface area (Å²) < 4.78 is 0. The minimum atomic E-state index is -0.155. The molecule has 1 amide bonds. The lowest BCUT2D eigenvalue weighted by Gasteiger charge is -2.15. The zero-order chi connectivity index (χ0) is 13.7. The molecule has 0 saturated carbocycles. The van der Waals surface area contributed by atoms with E-state index >= 15 is 0 Å². The fourth-order valence-electron chi connectivity index (χ4n) is 1.91. The highest BCUT2D eigenvalue weighted by Crippen LogP contribution is 2.23. The van der Waals surface area contributed by atoms with Crippen LogP contribution in [0.25, 0.3) is 0 Å². The van der Waals surface area contributed by atoms with E-state index in [2.05, 4.69) is 17.4 Å². The molecule has 0 radical (unpaired) electrons. The Morgan fingerprint density at radius 2 is 1.89 bits per heavy atom. The molecule has 0 aromatic heterocycles. The van der Waals surface area contributed by atoms with Gasteiger partial charge in [0.15, 0.2) is 0 Å². The van der Waals surface area contributed by atoms with Crippen molar-refractivity contribution >= 4 is 23.4 Å². The van der Waals surface area contributed by atoms with Gasteiger partial charge in [0.2, 0.25) is 5.91 Å². The molecular weight excluding hydrogens is 246 g/mol. The quantitative estimate of drug-likeness (QED) is 0.862. The number of aliphatic hydroxyl groups excluding tert-OH is 1. The Kier molecular flexibility index (Phi) is 5.69. The zero-order valence-corrected chi connectivity index (χ0v) is 12.2. The lowest BCUT2D eigenvalue weighted by molar-refractivity contribution is -0.115. The number of carbonyl (C=O) groups is 1. The van der Waals surface area contributed by atoms with Crippen LogP contribution >= 0.6 is 11.8 Å². The standard InChI is InChI=1S/C14H21NO2S/c1-9-7-10(2)13(11(3)8-9)15-14(17)12(4)18-6-5-16/h7-8,12,16H,5-6H2,1-4H3,(H,15,17)/t12-/m0/s1. The van der Waals surface area contributed by atoms with E-state index in [4.69, 9.17) is 5.11 Å². The van der Waals surface area contributed by atoms with Crippen LogP contribution in [0.4, 0.5) is 5.69 Å². The number of aryl methyl sites for hydroxylation is 3. The molecule has 0 fully saturated rings. The molecule has 0 aliphatic carbocycles. The van der Waals surface area contributed by atoms with E-state index in [0.29, 0.717) is 5.75 Å². The second-order valence-electron chi connectivity index (χ2n) is 4.50. The van der Waals surface area contributed by atoms with E-state index in [0.717, 1.165) is 16.8 Å². The highest BCUT2D eigenvalue weighted by atomic mass is 32.2. The Hall–Kier alpha value is -1.00. The second-order valence-corrected chi connectivity index (χ2v) is 5.95. The van der Waals surface area contributed by atoms with Crippen LogP contribution < -0.4 is 5.32 Å². The smallest absolute Gasteiger partial charge is 0.237 e. The summed E-state index contributed by atoms with van der Waals surface area (Å²) in [6, 6.07) is 4.13. The molecule has 0 unspecified atom stereocenters. The summed E-state index contributed by atoms with van der Waals surface area (Å²) >= 11 is 1.46. The minimum absolute atomic E-state index is 0.0106. The third-order valence-electron chi connectivity index (χ3n) is 2.75. The van der Waals surface area contributed by atoms with E-state index in [-0.39, 0.29) is 17.8 Å². The Labute approximate surface area is 113 Å². The molecule has 0 spiro atoms. The van der Waals surface area contributed by atoms with Gasteiger partial charge in [-0.3, -0.25) is 4.79 Å².